The smallest absolute Gasteiger partial charge is 0.307 e. The van der Waals surface area contributed by atoms with Gasteiger partial charge in [-0.3, -0.25) is 9.59 Å². The van der Waals surface area contributed by atoms with Crippen molar-refractivity contribution >= 4 is 28.8 Å². The average Bonchev–Trinajstić information content (AvgIpc) is 3.15. The number of carboxylic acids is 1. The van der Waals surface area contributed by atoms with Crippen molar-refractivity contribution in [3.05, 3.63) is 53.3 Å². The molecule has 0 atom stereocenters. The first-order valence-corrected chi connectivity index (χ1v) is 8.47. The number of carbonyl (C=O) groups excluding carboxylic acids is 1. The van der Waals surface area contributed by atoms with E-state index >= 15 is 0 Å². The fraction of sp³-hybridized carbons (Fsp3) is 0.143. The predicted octanol–water partition coefficient (Wildman–Crippen LogP) is 3.60. The van der Waals surface area contributed by atoms with Crippen molar-refractivity contribution in [2.24, 2.45) is 0 Å². The molecule has 0 saturated heterocycles. The van der Waals surface area contributed by atoms with Gasteiger partial charge in [0.05, 0.1) is 32.3 Å². The van der Waals surface area contributed by atoms with Gasteiger partial charge < -0.3 is 29.2 Å². The molecule has 0 bridgehead atoms. The predicted molar refractivity (Wildman–Crippen MR) is 104 cm³/mol. The largest absolute Gasteiger partial charge is 0.508 e. The van der Waals surface area contributed by atoms with Crippen LogP contribution in [0.3, 0.4) is 0 Å². The molecule has 1 heterocycles. The Morgan fingerprint density at radius 3 is 2.45 bits per heavy atom. The van der Waals surface area contributed by atoms with Crippen LogP contribution >= 0.6 is 0 Å². The molecule has 3 aromatic rings. The summed E-state index contributed by atoms with van der Waals surface area (Å²) in [5, 5.41) is 30.0. The van der Waals surface area contributed by atoms with Crippen molar-refractivity contribution < 1.29 is 38.8 Å². The standard InChI is InChI=1S/C21H18O8/c1-27-19-14-6-7-29-20(14)21(28-2)18(26)16(19)17(25)12(10-15(23)24)8-11-4-3-5-13(22)9-11/h3-9,22,26H,10H2,1-2H3,(H,23,24). The van der Waals surface area contributed by atoms with Crippen LogP contribution in [0, 0.1) is 0 Å². The molecule has 3 N–H and O–H groups in total. The molecule has 150 valence electrons. The summed E-state index contributed by atoms with van der Waals surface area (Å²) in [5.74, 6) is -2.59. The van der Waals surface area contributed by atoms with Gasteiger partial charge in [-0.05, 0) is 29.8 Å². The van der Waals surface area contributed by atoms with E-state index in [0.717, 1.165) is 0 Å². The van der Waals surface area contributed by atoms with Gasteiger partial charge >= 0.3 is 5.97 Å². The van der Waals surface area contributed by atoms with Gasteiger partial charge in [-0.25, -0.2) is 0 Å². The van der Waals surface area contributed by atoms with Crippen molar-refractivity contribution in [2.75, 3.05) is 14.2 Å². The first kappa shape index (κ1) is 19.8. The average molecular weight is 398 g/mol. The van der Waals surface area contributed by atoms with Gasteiger partial charge in [0.2, 0.25) is 5.75 Å². The van der Waals surface area contributed by atoms with Crippen molar-refractivity contribution in [1.82, 2.24) is 0 Å². The van der Waals surface area contributed by atoms with Gasteiger partial charge in [-0.1, -0.05) is 12.1 Å². The number of phenolic OH excluding ortho intramolecular Hbond substituents is 2. The molecule has 29 heavy (non-hydrogen) atoms. The molecule has 0 spiro atoms. The van der Waals surface area contributed by atoms with E-state index in [4.69, 9.17) is 13.9 Å². The summed E-state index contributed by atoms with van der Waals surface area (Å²) in [6, 6.07) is 7.53. The highest BCUT2D eigenvalue weighted by Gasteiger charge is 2.29. The third-order valence-corrected chi connectivity index (χ3v) is 4.27. The second kappa shape index (κ2) is 7.97. The number of benzene rings is 2. The molecule has 0 fully saturated rings. The van der Waals surface area contributed by atoms with Crippen molar-refractivity contribution in [2.45, 2.75) is 6.42 Å². The molecule has 0 aliphatic rings. The minimum Gasteiger partial charge on any atom is -0.508 e. The molecule has 3 rings (SSSR count). The third kappa shape index (κ3) is 3.73. The zero-order valence-electron chi connectivity index (χ0n) is 15.6. The Morgan fingerprint density at radius 1 is 1.10 bits per heavy atom. The number of methoxy groups -OCH3 is 2. The highest BCUT2D eigenvalue weighted by Crippen LogP contribution is 2.46. The minimum absolute atomic E-state index is 0.0317. The number of hydrogen-bond donors (Lipinski definition) is 3. The molecular formula is C21H18O8. The maximum absolute atomic E-state index is 13.3. The number of fused-ring (bicyclic) bond motifs is 1. The summed E-state index contributed by atoms with van der Waals surface area (Å²) in [6.45, 7) is 0. The van der Waals surface area contributed by atoms with Crippen LogP contribution in [0.2, 0.25) is 0 Å². The molecule has 1 aromatic heterocycles. The number of carbonyl (C=O) groups is 2. The van der Waals surface area contributed by atoms with Crippen LogP contribution in [0.5, 0.6) is 23.0 Å². The Kier molecular flexibility index (Phi) is 5.45. The summed E-state index contributed by atoms with van der Waals surface area (Å²) >= 11 is 0. The fourth-order valence-electron chi connectivity index (χ4n) is 3.08. The Morgan fingerprint density at radius 2 is 1.83 bits per heavy atom. The molecule has 8 nitrogen and oxygen atoms in total. The Labute approximate surface area is 165 Å². The molecule has 0 saturated carbocycles. The van der Waals surface area contributed by atoms with E-state index < -0.39 is 23.9 Å². The number of ketones is 1. The first-order chi connectivity index (χ1) is 13.9. The monoisotopic (exact) mass is 398 g/mol. The van der Waals surface area contributed by atoms with E-state index in [2.05, 4.69) is 0 Å². The van der Waals surface area contributed by atoms with E-state index in [1.165, 1.54) is 38.7 Å². The van der Waals surface area contributed by atoms with Gasteiger partial charge in [0.15, 0.2) is 17.1 Å². The number of rotatable bonds is 7. The minimum atomic E-state index is -1.24. The maximum Gasteiger partial charge on any atom is 0.307 e. The van der Waals surface area contributed by atoms with Crippen LogP contribution in [0.15, 0.2) is 46.6 Å². The lowest BCUT2D eigenvalue weighted by molar-refractivity contribution is -0.136. The van der Waals surface area contributed by atoms with Gasteiger partial charge in [0.1, 0.15) is 17.1 Å². The lowest BCUT2D eigenvalue weighted by atomic mass is 9.95. The number of furan rings is 1. The number of hydrogen-bond acceptors (Lipinski definition) is 7. The number of aliphatic carboxylic acids is 1. The Balaban J connectivity index is 2.24. The van der Waals surface area contributed by atoms with E-state index in [9.17, 15) is 24.9 Å². The molecule has 0 unspecified atom stereocenters. The van der Waals surface area contributed by atoms with E-state index in [-0.39, 0.29) is 34.0 Å². The highest BCUT2D eigenvalue weighted by molar-refractivity contribution is 6.19. The van der Waals surface area contributed by atoms with Crippen LogP contribution < -0.4 is 9.47 Å². The second-order valence-electron chi connectivity index (χ2n) is 6.12. The normalized spacial score (nSPS) is 11.4. The van der Waals surface area contributed by atoms with Gasteiger partial charge in [0.25, 0.3) is 0 Å². The molecule has 0 radical (unpaired) electrons. The van der Waals surface area contributed by atoms with Crippen molar-refractivity contribution in [3.63, 3.8) is 0 Å². The van der Waals surface area contributed by atoms with Crippen molar-refractivity contribution in [1.29, 1.82) is 0 Å². The molecule has 2 aromatic carbocycles. The van der Waals surface area contributed by atoms with Gasteiger partial charge in [0, 0.05) is 5.57 Å². The van der Waals surface area contributed by atoms with Crippen LogP contribution in [0.25, 0.3) is 17.0 Å². The number of ether oxygens (including phenoxy) is 2. The van der Waals surface area contributed by atoms with Crippen LogP contribution in [-0.4, -0.2) is 41.3 Å². The maximum atomic E-state index is 13.3. The molecule has 8 heteroatoms. The summed E-state index contributed by atoms with van der Waals surface area (Å²) in [6.07, 6.45) is 2.08. The first-order valence-electron chi connectivity index (χ1n) is 8.47. The number of phenols is 2. The summed E-state index contributed by atoms with van der Waals surface area (Å²) in [5.41, 5.74) is 0.243. The Hall–Kier alpha value is -3.94. The molecular weight excluding hydrogens is 380 g/mol. The number of aromatic hydroxyl groups is 2. The van der Waals surface area contributed by atoms with Crippen molar-refractivity contribution in [3.8, 4) is 23.0 Å². The topological polar surface area (TPSA) is 126 Å². The Bertz CT molecular complexity index is 1120. The van der Waals surface area contributed by atoms with E-state index in [1.54, 1.807) is 18.2 Å². The van der Waals surface area contributed by atoms with Crippen LogP contribution in [0.4, 0.5) is 0 Å². The fourth-order valence-corrected chi connectivity index (χ4v) is 3.08. The van der Waals surface area contributed by atoms with Gasteiger partial charge in [-0.2, -0.15) is 0 Å². The lowest BCUT2D eigenvalue weighted by Gasteiger charge is -2.15. The van der Waals surface area contributed by atoms with Gasteiger partial charge in [-0.15, -0.1) is 0 Å². The van der Waals surface area contributed by atoms with Crippen LogP contribution in [-0.2, 0) is 4.79 Å². The number of carboxylic acid groups (broad SMARTS) is 1. The highest BCUT2D eigenvalue weighted by atomic mass is 16.5. The van der Waals surface area contributed by atoms with E-state index in [1.807, 2.05) is 0 Å². The summed E-state index contributed by atoms with van der Waals surface area (Å²) in [4.78, 5) is 24.6. The molecule has 0 amide bonds. The molecule has 0 aliphatic carbocycles. The quantitative estimate of drug-likeness (QED) is 0.407. The van der Waals surface area contributed by atoms with E-state index in [0.29, 0.717) is 10.9 Å². The zero-order chi connectivity index (χ0) is 21.1. The SMILES string of the molecule is COc1c(C(=O)C(=Cc2cccc(O)c2)CC(=O)O)c(O)c(OC)c2occc12. The summed E-state index contributed by atoms with van der Waals surface area (Å²) < 4.78 is 15.8. The number of Topliss-reactive ketones (excluding diaryl/α,β-unsaturated/α-hetero) is 1. The van der Waals surface area contributed by atoms with Crippen LogP contribution in [0.1, 0.15) is 22.3 Å². The lowest BCUT2D eigenvalue weighted by Crippen LogP contribution is -2.11. The zero-order valence-corrected chi connectivity index (χ0v) is 15.6. The summed E-state index contributed by atoms with van der Waals surface area (Å²) in [7, 11) is 2.62. The second-order valence-corrected chi connectivity index (χ2v) is 6.12. The third-order valence-electron chi connectivity index (χ3n) is 4.27. The molecule has 0 aliphatic heterocycles.